The number of aliphatic hydroxyl groups is 1. The highest BCUT2D eigenvalue weighted by molar-refractivity contribution is 5.79. The number of likely N-dealkylation sites (tertiary alicyclic amines) is 1. The summed E-state index contributed by atoms with van der Waals surface area (Å²) in [6, 6.07) is 0. The first-order valence-electron chi connectivity index (χ1n) is 10.6. The Kier molecular flexibility index (Phi) is 8.79. The molecule has 2 aliphatic heterocycles. The number of hydrogen-bond donors (Lipinski definition) is 3. The zero-order valence-corrected chi connectivity index (χ0v) is 17.9. The second kappa shape index (κ2) is 10.6. The number of hydrogen-bond acceptors (Lipinski definition) is 5. The summed E-state index contributed by atoms with van der Waals surface area (Å²) < 4.78 is 5.39. The van der Waals surface area contributed by atoms with Gasteiger partial charge in [-0.25, -0.2) is 0 Å². The van der Waals surface area contributed by atoms with Crippen molar-refractivity contribution in [1.82, 2.24) is 20.4 Å². The monoisotopic (exact) mass is 383 g/mol. The van der Waals surface area contributed by atoms with Gasteiger partial charge in [-0.1, -0.05) is 6.42 Å². The largest absolute Gasteiger partial charge is 0.387 e. The van der Waals surface area contributed by atoms with Crippen molar-refractivity contribution in [2.75, 3.05) is 65.6 Å². The van der Waals surface area contributed by atoms with Gasteiger partial charge >= 0.3 is 0 Å². The lowest BCUT2D eigenvalue weighted by atomic mass is 9.99. The van der Waals surface area contributed by atoms with Gasteiger partial charge in [0.05, 0.1) is 25.4 Å². The highest BCUT2D eigenvalue weighted by atomic mass is 16.5. The molecule has 0 aliphatic carbocycles. The predicted molar refractivity (Wildman–Crippen MR) is 111 cm³/mol. The average Bonchev–Trinajstić information content (AvgIpc) is 2.65. The predicted octanol–water partition coefficient (Wildman–Crippen LogP) is 0.889. The van der Waals surface area contributed by atoms with E-state index in [1.54, 1.807) is 0 Å². The van der Waals surface area contributed by atoms with E-state index in [0.29, 0.717) is 13.1 Å². The van der Waals surface area contributed by atoms with Crippen LogP contribution in [0.1, 0.15) is 47.0 Å². The molecule has 2 heterocycles. The summed E-state index contributed by atoms with van der Waals surface area (Å²) in [7, 11) is 0. The van der Waals surface area contributed by atoms with E-state index in [9.17, 15) is 5.11 Å². The SMILES string of the molecule is CCNC(=NCC(C)(C)N1CCCCC1)NCC(C)(O)CN1CCOCC1. The fourth-order valence-corrected chi connectivity index (χ4v) is 3.78. The lowest BCUT2D eigenvalue weighted by molar-refractivity contribution is -0.0201. The molecular formula is C20H41N5O2. The van der Waals surface area contributed by atoms with E-state index in [1.807, 2.05) is 6.92 Å². The minimum atomic E-state index is -0.810. The Morgan fingerprint density at radius 2 is 1.70 bits per heavy atom. The van der Waals surface area contributed by atoms with Crippen molar-refractivity contribution in [1.29, 1.82) is 0 Å². The molecule has 1 atom stereocenters. The second-order valence-corrected chi connectivity index (χ2v) is 8.79. The Bertz CT molecular complexity index is 455. The number of ether oxygens (including phenoxy) is 1. The smallest absolute Gasteiger partial charge is 0.191 e. The van der Waals surface area contributed by atoms with E-state index in [0.717, 1.165) is 45.4 Å². The molecule has 27 heavy (non-hydrogen) atoms. The summed E-state index contributed by atoms with van der Waals surface area (Å²) >= 11 is 0. The molecule has 3 N–H and O–H groups in total. The van der Waals surface area contributed by atoms with Crippen molar-refractivity contribution in [3.63, 3.8) is 0 Å². The topological polar surface area (TPSA) is 72.4 Å². The molecule has 2 saturated heterocycles. The van der Waals surface area contributed by atoms with Crippen LogP contribution in [0.4, 0.5) is 0 Å². The Balaban J connectivity index is 1.86. The number of aliphatic imine (C=N–C) groups is 1. The van der Waals surface area contributed by atoms with Gasteiger partial charge in [0.15, 0.2) is 5.96 Å². The first-order chi connectivity index (χ1) is 12.8. The number of morpholine rings is 1. The lowest BCUT2D eigenvalue weighted by Gasteiger charge is -2.40. The van der Waals surface area contributed by atoms with Crippen molar-refractivity contribution in [3.05, 3.63) is 0 Å². The molecule has 2 fully saturated rings. The maximum Gasteiger partial charge on any atom is 0.191 e. The van der Waals surface area contributed by atoms with Crippen molar-refractivity contribution in [2.45, 2.75) is 58.1 Å². The van der Waals surface area contributed by atoms with Crippen LogP contribution in [0.5, 0.6) is 0 Å². The van der Waals surface area contributed by atoms with Crippen LogP contribution in [0.3, 0.4) is 0 Å². The number of nitrogens with zero attached hydrogens (tertiary/aromatic N) is 3. The van der Waals surface area contributed by atoms with Gasteiger partial charge in [0.25, 0.3) is 0 Å². The molecule has 7 nitrogen and oxygen atoms in total. The lowest BCUT2D eigenvalue weighted by Crippen LogP contribution is -2.53. The molecular weight excluding hydrogens is 342 g/mol. The molecule has 0 amide bonds. The number of piperidine rings is 1. The van der Waals surface area contributed by atoms with E-state index in [2.05, 4.69) is 41.2 Å². The minimum absolute atomic E-state index is 0.0547. The summed E-state index contributed by atoms with van der Waals surface area (Å²) in [4.78, 5) is 9.63. The first kappa shape index (κ1) is 22.4. The molecule has 0 saturated carbocycles. The zero-order valence-electron chi connectivity index (χ0n) is 17.9. The average molecular weight is 384 g/mol. The quantitative estimate of drug-likeness (QED) is 0.427. The van der Waals surface area contributed by atoms with E-state index < -0.39 is 5.60 Å². The van der Waals surface area contributed by atoms with Crippen molar-refractivity contribution in [3.8, 4) is 0 Å². The van der Waals surface area contributed by atoms with E-state index in [4.69, 9.17) is 9.73 Å². The van der Waals surface area contributed by atoms with Crippen molar-refractivity contribution in [2.24, 2.45) is 4.99 Å². The van der Waals surface area contributed by atoms with Crippen LogP contribution in [-0.2, 0) is 4.74 Å². The first-order valence-corrected chi connectivity index (χ1v) is 10.6. The Hall–Kier alpha value is -0.890. The van der Waals surface area contributed by atoms with Crippen LogP contribution in [0, 0.1) is 0 Å². The minimum Gasteiger partial charge on any atom is -0.387 e. The number of guanidine groups is 1. The zero-order chi connectivity index (χ0) is 19.8. The van der Waals surface area contributed by atoms with Crippen LogP contribution in [-0.4, -0.2) is 97.6 Å². The van der Waals surface area contributed by atoms with Gasteiger partial charge in [-0.3, -0.25) is 14.8 Å². The molecule has 0 bridgehead atoms. The van der Waals surface area contributed by atoms with E-state index in [1.165, 1.54) is 32.4 Å². The summed E-state index contributed by atoms with van der Waals surface area (Å²) in [5.74, 6) is 0.782. The number of nitrogens with one attached hydrogen (secondary N) is 2. The summed E-state index contributed by atoms with van der Waals surface area (Å²) in [5.41, 5.74) is -0.755. The molecule has 0 aromatic rings. The maximum atomic E-state index is 10.8. The molecule has 0 aromatic heterocycles. The van der Waals surface area contributed by atoms with Gasteiger partial charge in [0.2, 0.25) is 0 Å². The third-order valence-corrected chi connectivity index (χ3v) is 5.49. The molecule has 2 rings (SSSR count). The Morgan fingerprint density at radius 3 is 2.33 bits per heavy atom. The highest BCUT2D eigenvalue weighted by Crippen LogP contribution is 2.20. The van der Waals surface area contributed by atoms with Crippen molar-refractivity contribution >= 4 is 5.96 Å². The van der Waals surface area contributed by atoms with Gasteiger partial charge in [-0.15, -0.1) is 0 Å². The van der Waals surface area contributed by atoms with Gasteiger partial charge in [-0.05, 0) is 53.6 Å². The van der Waals surface area contributed by atoms with Gasteiger partial charge in [-0.2, -0.15) is 0 Å². The van der Waals surface area contributed by atoms with Crippen molar-refractivity contribution < 1.29 is 9.84 Å². The van der Waals surface area contributed by atoms with E-state index >= 15 is 0 Å². The van der Waals surface area contributed by atoms with Crippen LogP contribution in [0.25, 0.3) is 0 Å². The molecule has 2 aliphatic rings. The van der Waals surface area contributed by atoms with E-state index in [-0.39, 0.29) is 5.54 Å². The Morgan fingerprint density at radius 1 is 1.04 bits per heavy atom. The van der Waals surface area contributed by atoms with Gasteiger partial charge in [0, 0.05) is 38.3 Å². The molecule has 7 heteroatoms. The normalized spacial score (nSPS) is 23.1. The Labute approximate surface area is 165 Å². The molecule has 1 unspecified atom stereocenters. The van der Waals surface area contributed by atoms with Crippen LogP contribution in [0.15, 0.2) is 4.99 Å². The fraction of sp³-hybridized carbons (Fsp3) is 0.950. The second-order valence-electron chi connectivity index (χ2n) is 8.79. The highest BCUT2D eigenvalue weighted by Gasteiger charge is 2.28. The number of β-amino-alcohol motifs (C(OH)–C–C–N with tert-alkyl or cyclic N) is 1. The van der Waals surface area contributed by atoms with Crippen LogP contribution >= 0.6 is 0 Å². The van der Waals surface area contributed by atoms with Crippen LogP contribution < -0.4 is 10.6 Å². The third-order valence-electron chi connectivity index (χ3n) is 5.49. The molecule has 0 radical (unpaired) electrons. The summed E-state index contributed by atoms with van der Waals surface area (Å²) in [6.45, 7) is 16.8. The number of rotatable bonds is 8. The molecule has 158 valence electrons. The maximum absolute atomic E-state index is 10.8. The molecule has 0 aromatic carbocycles. The third kappa shape index (κ3) is 7.94. The fourth-order valence-electron chi connectivity index (χ4n) is 3.78. The van der Waals surface area contributed by atoms with Gasteiger partial charge < -0.3 is 20.5 Å². The standard InChI is InChI=1S/C20H41N5O2/c1-5-21-18(22-15-19(2,3)25-9-7-6-8-10-25)23-16-20(4,26)17-24-11-13-27-14-12-24/h26H,5-17H2,1-4H3,(H2,21,22,23). The summed E-state index contributed by atoms with van der Waals surface area (Å²) in [5, 5.41) is 17.4. The van der Waals surface area contributed by atoms with Gasteiger partial charge in [0.1, 0.15) is 0 Å². The van der Waals surface area contributed by atoms with Crippen LogP contribution in [0.2, 0.25) is 0 Å². The summed E-state index contributed by atoms with van der Waals surface area (Å²) in [6.07, 6.45) is 3.92. The molecule has 0 spiro atoms.